The highest BCUT2D eigenvalue weighted by Gasteiger charge is 2.41. The van der Waals surface area contributed by atoms with Gasteiger partial charge < -0.3 is 9.84 Å². The number of methoxy groups -OCH3 is 1. The lowest BCUT2D eigenvalue weighted by molar-refractivity contribution is 0.0911. The van der Waals surface area contributed by atoms with E-state index in [1.165, 1.54) is 0 Å². The number of nitrogens with one attached hydrogen (secondary N) is 1. The first-order valence-corrected chi connectivity index (χ1v) is 10.5. The predicted molar refractivity (Wildman–Crippen MR) is 92.6 cm³/mol. The molecule has 0 unspecified atom stereocenters. The van der Waals surface area contributed by atoms with Crippen LogP contribution in [0.15, 0.2) is 0 Å². The number of aliphatic hydroxyl groups is 1. The first kappa shape index (κ1) is 18.8. The Morgan fingerprint density at radius 3 is 2.64 bits per heavy atom. The van der Waals surface area contributed by atoms with E-state index in [0.29, 0.717) is 38.1 Å². The summed E-state index contributed by atoms with van der Waals surface area (Å²) >= 11 is 0. The van der Waals surface area contributed by atoms with Gasteiger partial charge in [0.1, 0.15) is 12.4 Å². The molecule has 25 heavy (non-hydrogen) atoms. The second-order valence-electron chi connectivity index (χ2n) is 7.40. The van der Waals surface area contributed by atoms with E-state index in [4.69, 9.17) is 4.74 Å². The normalized spacial score (nSPS) is 27.8. The fourth-order valence-corrected chi connectivity index (χ4v) is 5.06. The van der Waals surface area contributed by atoms with Crippen LogP contribution in [-0.4, -0.2) is 52.8 Å². The molecule has 1 aromatic heterocycles. The lowest BCUT2D eigenvalue weighted by atomic mass is 9.83. The van der Waals surface area contributed by atoms with Gasteiger partial charge in [-0.3, -0.25) is 0 Å². The average molecular weight is 372 g/mol. The van der Waals surface area contributed by atoms with Gasteiger partial charge in [0.15, 0.2) is 5.82 Å². The van der Waals surface area contributed by atoms with Crippen molar-refractivity contribution >= 4 is 10.0 Å². The van der Waals surface area contributed by atoms with Gasteiger partial charge in [-0.2, -0.15) is 5.10 Å². The Balaban J connectivity index is 1.78. The molecule has 1 heterocycles. The Morgan fingerprint density at radius 1 is 1.32 bits per heavy atom. The molecule has 0 bridgehead atoms. The molecule has 2 aliphatic carbocycles. The van der Waals surface area contributed by atoms with Gasteiger partial charge in [0.05, 0.1) is 11.4 Å². The molecule has 9 heteroatoms. The SMILES string of the molecule is COCc1nc([C@H]2CC[C@@H](O)[C@H](NS(=O)(=O)C3CC3)C2)n(C(C)C)n1. The maximum atomic E-state index is 12.2. The fourth-order valence-electron chi connectivity index (χ4n) is 3.43. The molecule has 0 aliphatic heterocycles. The minimum atomic E-state index is -3.33. The summed E-state index contributed by atoms with van der Waals surface area (Å²) in [5.41, 5.74) is 0. The molecule has 1 aromatic rings. The first-order chi connectivity index (χ1) is 11.8. The highest BCUT2D eigenvalue weighted by Crippen LogP contribution is 2.35. The van der Waals surface area contributed by atoms with E-state index >= 15 is 0 Å². The van der Waals surface area contributed by atoms with Crippen molar-refractivity contribution in [2.24, 2.45) is 0 Å². The molecule has 0 saturated heterocycles. The summed E-state index contributed by atoms with van der Waals surface area (Å²) in [7, 11) is -1.72. The average Bonchev–Trinajstić information content (AvgIpc) is 3.32. The third-order valence-electron chi connectivity index (χ3n) is 4.92. The van der Waals surface area contributed by atoms with Crippen LogP contribution in [0.25, 0.3) is 0 Å². The minimum Gasteiger partial charge on any atom is -0.391 e. The highest BCUT2D eigenvalue weighted by atomic mass is 32.2. The van der Waals surface area contributed by atoms with Gasteiger partial charge in [-0.05, 0) is 46.0 Å². The number of hydrogen-bond donors (Lipinski definition) is 2. The summed E-state index contributed by atoms with van der Waals surface area (Å²) in [5.74, 6) is 1.55. The van der Waals surface area contributed by atoms with Gasteiger partial charge in [-0.25, -0.2) is 22.8 Å². The standard InChI is InChI=1S/C16H28N4O4S/c1-10(2)20-16(17-15(18-20)9-24-3)11-4-7-14(21)13(8-11)19-25(22,23)12-5-6-12/h10-14,19,21H,4-9H2,1-3H3/t11-,13+,14+/m0/s1. The Bertz CT molecular complexity index is 699. The van der Waals surface area contributed by atoms with E-state index in [1.54, 1.807) is 7.11 Å². The second kappa shape index (κ2) is 7.30. The maximum absolute atomic E-state index is 12.2. The number of sulfonamides is 1. The number of hydrogen-bond acceptors (Lipinski definition) is 6. The van der Waals surface area contributed by atoms with E-state index in [9.17, 15) is 13.5 Å². The van der Waals surface area contributed by atoms with E-state index in [2.05, 4.69) is 14.8 Å². The van der Waals surface area contributed by atoms with Crippen LogP contribution in [-0.2, 0) is 21.4 Å². The Kier molecular flexibility index (Phi) is 5.48. The Morgan fingerprint density at radius 2 is 2.04 bits per heavy atom. The molecule has 142 valence electrons. The fraction of sp³-hybridized carbons (Fsp3) is 0.875. The summed E-state index contributed by atoms with van der Waals surface area (Å²) in [4.78, 5) is 4.62. The molecule has 8 nitrogen and oxygen atoms in total. The largest absolute Gasteiger partial charge is 0.391 e. The van der Waals surface area contributed by atoms with Gasteiger partial charge in [-0.1, -0.05) is 0 Å². The van der Waals surface area contributed by atoms with Gasteiger partial charge >= 0.3 is 0 Å². The summed E-state index contributed by atoms with van der Waals surface area (Å²) < 4.78 is 34.2. The van der Waals surface area contributed by atoms with Crippen LogP contribution in [0.4, 0.5) is 0 Å². The minimum absolute atomic E-state index is 0.0656. The lowest BCUT2D eigenvalue weighted by Gasteiger charge is -2.33. The van der Waals surface area contributed by atoms with E-state index in [0.717, 1.165) is 12.2 Å². The van der Waals surface area contributed by atoms with Crippen LogP contribution >= 0.6 is 0 Å². The van der Waals surface area contributed by atoms with E-state index in [-0.39, 0.29) is 17.2 Å². The van der Waals surface area contributed by atoms with Gasteiger partial charge in [-0.15, -0.1) is 0 Å². The van der Waals surface area contributed by atoms with Crippen LogP contribution in [0.1, 0.15) is 69.6 Å². The third-order valence-corrected chi connectivity index (χ3v) is 6.90. The van der Waals surface area contributed by atoms with Crippen molar-refractivity contribution in [3.8, 4) is 0 Å². The van der Waals surface area contributed by atoms with Crippen LogP contribution in [0.2, 0.25) is 0 Å². The van der Waals surface area contributed by atoms with E-state index < -0.39 is 22.2 Å². The molecule has 2 fully saturated rings. The molecular weight excluding hydrogens is 344 g/mol. The highest BCUT2D eigenvalue weighted by molar-refractivity contribution is 7.90. The Labute approximate surface area is 149 Å². The molecule has 3 rings (SSSR count). The van der Waals surface area contributed by atoms with Crippen LogP contribution in [0.5, 0.6) is 0 Å². The summed E-state index contributed by atoms with van der Waals surface area (Å²) in [6.07, 6.45) is 2.62. The van der Waals surface area contributed by atoms with E-state index in [1.807, 2.05) is 18.5 Å². The number of aromatic nitrogens is 3. The van der Waals surface area contributed by atoms with Gasteiger partial charge in [0.2, 0.25) is 10.0 Å². The molecule has 2 N–H and O–H groups in total. The second-order valence-corrected chi connectivity index (χ2v) is 9.40. The van der Waals surface area contributed by atoms with Crippen LogP contribution in [0, 0.1) is 0 Å². The topological polar surface area (TPSA) is 106 Å². The first-order valence-electron chi connectivity index (χ1n) is 8.95. The zero-order valence-corrected chi connectivity index (χ0v) is 15.9. The monoisotopic (exact) mass is 372 g/mol. The van der Waals surface area contributed by atoms with Crippen molar-refractivity contribution in [1.82, 2.24) is 19.5 Å². The molecule has 2 aliphatic rings. The third kappa shape index (κ3) is 4.21. The van der Waals surface area contributed by atoms with Gasteiger partial charge in [0, 0.05) is 25.1 Å². The molecule has 0 amide bonds. The van der Waals surface area contributed by atoms with Crippen molar-refractivity contribution in [3.05, 3.63) is 11.6 Å². The van der Waals surface area contributed by atoms with Gasteiger partial charge in [0.25, 0.3) is 0 Å². The number of nitrogens with zero attached hydrogens (tertiary/aromatic N) is 3. The van der Waals surface area contributed by atoms with Crippen molar-refractivity contribution < 1.29 is 18.3 Å². The molecule has 0 aromatic carbocycles. The Hall–Kier alpha value is -1.03. The summed E-state index contributed by atoms with van der Waals surface area (Å²) in [6, 6.07) is -0.311. The number of aliphatic hydroxyl groups excluding tert-OH is 1. The summed E-state index contributed by atoms with van der Waals surface area (Å²) in [5, 5.41) is 14.5. The molecule has 0 spiro atoms. The molecule has 2 saturated carbocycles. The molecule has 3 atom stereocenters. The molecule has 0 radical (unpaired) electrons. The smallest absolute Gasteiger partial charge is 0.214 e. The number of rotatable bonds is 7. The quantitative estimate of drug-likeness (QED) is 0.742. The zero-order valence-electron chi connectivity index (χ0n) is 15.1. The van der Waals surface area contributed by atoms with Crippen molar-refractivity contribution in [2.75, 3.05) is 7.11 Å². The van der Waals surface area contributed by atoms with Crippen molar-refractivity contribution in [2.45, 2.75) is 81.9 Å². The van der Waals surface area contributed by atoms with Crippen LogP contribution < -0.4 is 4.72 Å². The summed E-state index contributed by atoms with van der Waals surface area (Å²) in [6.45, 7) is 4.43. The van der Waals surface area contributed by atoms with Crippen LogP contribution in [0.3, 0.4) is 0 Å². The molecular formula is C16H28N4O4S. The van der Waals surface area contributed by atoms with Crippen molar-refractivity contribution in [3.63, 3.8) is 0 Å². The lowest BCUT2D eigenvalue weighted by Crippen LogP contribution is -2.47. The maximum Gasteiger partial charge on any atom is 0.214 e. The number of ether oxygens (including phenoxy) is 1. The zero-order chi connectivity index (χ0) is 18.2. The van der Waals surface area contributed by atoms with Crippen molar-refractivity contribution in [1.29, 1.82) is 0 Å². The predicted octanol–water partition coefficient (Wildman–Crippen LogP) is 1.08.